The lowest BCUT2D eigenvalue weighted by Gasteiger charge is -2.44. The van der Waals surface area contributed by atoms with E-state index in [1.165, 1.54) is 10.4 Å². The topological polar surface area (TPSA) is 44.8 Å². The van der Waals surface area contributed by atoms with Crippen LogP contribution in [-0.4, -0.2) is 39.5 Å². The monoisotopic (exact) mass is 544 g/mol. The third-order valence-corrected chi connectivity index (χ3v) is 12.7. The fourth-order valence-electron chi connectivity index (χ4n) is 5.70. The lowest BCUT2D eigenvalue weighted by atomic mass is 9.79. The molecular weight excluding hydrogens is 500 g/mol. The molecular formula is C34H44O4Si. The smallest absolute Gasteiger partial charge is 0.261 e. The Morgan fingerprint density at radius 1 is 0.821 bits per heavy atom. The Hall–Kier alpha value is -2.57. The van der Waals surface area contributed by atoms with Gasteiger partial charge in [0, 0.05) is 11.8 Å². The molecule has 0 radical (unpaired) electrons. The number of benzene rings is 3. The van der Waals surface area contributed by atoms with E-state index < -0.39 is 13.7 Å². The molecule has 1 aliphatic rings. The number of rotatable bonds is 9. The Kier molecular flexibility index (Phi) is 9.28. The van der Waals surface area contributed by atoms with Gasteiger partial charge in [0.05, 0.1) is 37.9 Å². The van der Waals surface area contributed by atoms with Gasteiger partial charge in [0.1, 0.15) is 5.78 Å². The lowest BCUT2D eigenvalue weighted by molar-refractivity contribution is -0.157. The van der Waals surface area contributed by atoms with Crippen LogP contribution in [0.5, 0.6) is 0 Å². The number of ketones is 1. The van der Waals surface area contributed by atoms with Crippen molar-refractivity contribution in [2.75, 3.05) is 13.2 Å². The summed E-state index contributed by atoms with van der Waals surface area (Å²) in [6.07, 6.45) is 0.243. The van der Waals surface area contributed by atoms with Gasteiger partial charge in [0.25, 0.3) is 8.32 Å². The highest BCUT2D eigenvalue weighted by Crippen LogP contribution is 2.38. The Morgan fingerprint density at radius 3 is 1.82 bits per heavy atom. The van der Waals surface area contributed by atoms with Crippen LogP contribution in [0.25, 0.3) is 0 Å². The second-order valence-electron chi connectivity index (χ2n) is 12.7. The molecule has 3 aromatic rings. The molecule has 0 amide bonds. The van der Waals surface area contributed by atoms with Crippen molar-refractivity contribution in [3.63, 3.8) is 0 Å². The van der Waals surface area contributed by atoms with E-state index in [4.69, 9.17) is 13.9 Å². The van der Waals surface area contributed by atoms with Crippen molar-refractivity contribution in [2.24, 2.45) is 11.3 Å². The molecule has 4 nitrogen and oxygen atoms in total. The van der Waals surface area contributed by atoms with Crippen LogP contribution in [0.1, 0.15) is 53.5 Å². The van der Waals surface area contributed by atoms with Crippen LogP contribution in [0.4, 0.5) is 0 Å². The SMILES string of the molecule is CC(C)(C)C(=O)C1CO[C@H](CO[Si](c2ccccc2)(c2ccccc2)C(C)(C)C)C[C@@H]1OCc1ccccc1. The van der Waals surface area contributed by atoms with E-state index in [2.05, 4.69) is 93.6 Å². The van der Waals surface area contributed by atoms with Crippen LogP contribution in [0.2, 0.25) is 5.04 Å². The first-order valence-corrected chi connectivity index (χ1v) is 16.0. The molecule has 5 heteroatoms. The van der Waals surface area contributed by atoms with Crippen molar-refractivity contribution >= 4 is 24.5 Å². The maximum atomic E-state index is 13.4. The third kappa shape index (κ3) is 6.78. The maximum absolute atomic E-state index is 13.4. The normalized spacial score (nSPS) is 20.5. The molecule has 1 aliphatic heterocycles. The zero-order valence-corrected chi connectivity index (χ0v) is 25.4. The average Bonchev–Trinajstić information content (AvgIpc) is 2.92. The van der Waals surface area contributed by atoms with Crippen LogP contribution < -0.4 is 10.4 Å². The van der Waals surface area contributed by atoms with Crippen molar-refractivity contribution < 1.29 is 18.7 Å². The molecule has 3 atom stereocenters. The molecule has 1 unspecified atom stereocenters. The molecule has 0 saturated carbocycles. The van der Waals surface area contributed by atoms with Gasteiger partial charge in [-0.25, -0.2) is 0 Å². The van der Waals surface area contributed by atoms with Crippen LogP contribution >= 0.6 is 0 Å². The van der Waals surface area contributed by atoms with E-state index in [9.17, 15) is 4.79 Å². The third-order valence-electron chi connectivity index (χ3n) is 7.74. The van der Waals surface area contributed by atoms with E-state index in [-0.39, 0.29) is 28.9 Å². The minimum atomic E-state index is -2.68. The van der Waals surface area contributed by atoms with E-state index >= 15 is 0 Å². The highest BCUT2D eigenvalue weighted by molar-refractivity contribution is 6.99. The first-order valence-electron chi connectivity index (χ1n) is 14.1. The van der Waals surface area contributed by atoms with Crippen LogP contribution in [0.15, 0.2) is 91.0 Å². The van der Waals surface area contributed by atoms with Crippen LogP contribution in [0.3, 0.4) is 0 Å². The summed E-state index contributed by atoms with van der Waals surface area (Å²) in [7, 11) is -2.68. The van der Waals surface area contributed by atoms with Crippen molar-refractivity contribution in [3.8, 4) is 0 Å². The predicted octanol–water partition coefficient (Wildman–Crippen LogP) is 6.17. The van der Waals surface area contributed by atoms with Gasteiger partial charge in [-0.15, -0.1) is 0 Å². The summed E-state index contributed by atoms with van der Waals surface area (Å²) in [5, 5.41) is 2.38. The quantitative estimate of drug-likeness (QED) is 0.302. The number of hydrogen-bond acceptors (Lipinski definition) is 4. The molecule has 1 heterocycles. The van der Waals surface area contributed by atoms with E-state index in [0.29, 0.717) is 26.2 Å². The van der Waals surface area contributed by atoms with Gasteiger partial charge < -0.3 is 13.9 Å². The summed E-state index contributed by atoms with van der Waals surface area (Å²) < 4.78 is 20.0. The second kappa shape index (κ2) is 12.3. The predicted molar refractivity (Wildman–Crippen MR) is 161 cm³/mol. The van der Waals surface area contributed by atoms with Crippen molar-refractivity contribution in [1.82, 2.24) is 0 Å². The standard InChI is InChI=1S/C34H44O4Si/c1-33(2,3)32(35)30-25-36-27(22-31(30)37-23-26-16-10-7-11-17-26)24-38-39(34(4,5)6,28-18-12-8-13-19-28)29-20-14-9-15-21-29/h7-21,27,30-31H,22-25H2,1-6H3/t27-,30?,31-/m0/s1. The fourth-order valence-corrected chi connectivity index (χ4v) is 10.3. The molecule has 3 aromatic carbocycles. The Morgan fingerprint density at radius 2 is 1.33 bits per heavy atom. The van der Waals surface area contributed by atoms with E-state index in [1.54, 1.807) is 0 Å². The Bertz CT molecular complexity index is 1140. The number of carbonyl (C=O) groups excluding carboxylic acids is 1. The van der Waals surface area contributed by atoms with Gasteiger partial charge in [-0.1, -0.05) is 133 Å². The van der Waals surface area contributed by atoms with Gasteiger partial charge in [-0.05, 0) is 21.0 Å². The van der Waals surface area contributed by atoms with Gasteiger partial charge >= 0.3 is 0 Å². The fraction of sp³-hybridized carbons (Fsp3) is 0.441. The minimum Gasteiger partial charge on any atom is -0.405 e. The van der Waals surface area contributed by atoms with Crippen molar-refractivity contribution in [3.05, 3.63) is 96.6 Å². The number of Topliss-reactive ketones (excluding diaryl/α,β-unsaturated/α-hetero) is 1. The van der Waals surface area contributed by atoms with Crippen LogP contribution in [-0.2, 0) is 25.3 Å². The van der Waals surface area contributed by atoms with Gasteiger partial charge in [-0.2, -0.15) is 0 Å². The van der Waals surface area contributed by atoms with E-state index in [0.717, 1.165) is 5.56 Å². The summed E-state index contributed by atoms with van der Waals surface area (Å²) in [6, 6.07) is 31.5. The molecule has 4 rings (SSSR count). The molecule has 0 bridgehead atoms. The first kappa shape index (κ1) is 29.4. The molecule has 208 valence electrons. The molecule has 1 fully saturated rings. The number of hydrogen-bond donors (Lipinski definition) is 0. The van der Waals surface area contributed by atoms with Crippen LogP contribution in [0, 0.1) is 11.3 Å². The summed E-state index contributed by atoms with van der Waals surface area (Å²) in [5.74, 6) is -0.107. The molecule has 0 aromatic heterocycles. The Balaban J connectivity index is 1.59. The highest BCUT2D eigenvalue weighted by Gasteiger charge is 2.51. The molecule has 1 saturated heterocycles. The molecule has 0 spiro atoms. The summed E-state index contributed by atoms with van der Waals surface area (Å²) >= 11 is 0. The second-order valence-corrected chi connectivity index (χ2v) is 17.0. The zero-order chi connectivity index (χ0) is 28.1. The summed E-state index contributed by atoms with van der Waals surface area (Å²) in [4.78, 5) is 13.4. The largest absolute Gasteiger partial charge is 0.405 e. The van der Waals surface area contributed by atoms with E-state index in [1.807, 2.05) is 39.0 Å². The number of carbonyl (C=O) groups is 1. The Labute approximate surface area is 235 Å². The molecule has 39 heavy (non-hydrogen) atoms. The highest BCUT2D eigenvalue weighted by atomic mass is 28.4. The zero-order valence-electron chi connectivity index (χ0n) is 24.4. The minimum absolute atomic E-state index is 0.113. The van der Waals surface area contributed by atoms with Gasteiger partial charge in [0.15, 0.2) is 0 Å². The van der Waals surface area contributed by atoms with Gasteiger partial charge in [0.2, 0.25) is 0 Å². The molecule has 0 aliphatic carbocycles. The van der Waals surface area contributed by atoms with Gasteiger partial charge in [-0.3, -0.25) is 4.79 Å². The molecule has 0 N–H and O–H groups in total. The number of ether oxygens (including phenoxy) is 2. The van der Waals surface area contributed by atoms with Crippen molar-refractivity contribution in [1.29, 1.82) is 0 Å². The summed E-state index contributed by atoms with van der Waals surface area (Å²) in [5.41, 5.74) is 0.645. The lowest BCUT2D eigenvalue weighted by Crippen LogP contribution is -2.67. The maximum Gasteiger partial charge on any atom is 0.261 e. The first-order chi connectivity index (χ1) is 18.5. The summed E-state index contributed by atoms with van der Waals surface area (Å²) in [6.45, 7) is 14.0. The average molecular weight is 545 g/mol. The van der Waals surface area contributed by atoms with Crippen molar-refractivity contribution in [2.45, 2.75) is 71.8 Å².